The van der Waals surface area contributed by atoms with Gasteiger partial charge >= 0.3 is 0 Å². The second-order valence-corrected chi connectivity index (χ2v) is 7.39. The third-order valence-corrected chi connectivity index (χ3v) is 5.61. The maximum atomic E-state index is 4.78. The fourth-order valence-electron chi connectivity index (χ4n) is 4.89. The molecule has 1 N–H and O–H groups in total. The number of rotatable bonds is 2. The first-order chi connectivity index (χ1) is 9.66. The molecule has 3 rings (SSSR count). The molecule has 0 amide bonds. The van der Waals surface area contributed by atoms with E-state index in [0.29, 0.717) is 17.9 Å². The molecule has 2 aliphatic heterocycles. The number of nitrogens with one attached hydrogen (secondary N) is 1. The van der Waals surface area contributed by atoms with Gasteiger partial charge in [-0.05, 0) is 56.1 Å². The van der Waals surface area contributed by atoms with Gasteiger partial charge in [-0.3, -0.25) is 4.99 Å². The summed E-state index contributed by atoms with van der Waals surface area (Å²) in [6.45, 7) is 8.27. The minimum absolute atomic E-state index is 0.483. The van der Waals surface area contributed by atoms with Gasteiger partial charge in [0.25, 0.3) is 0 Å². The molecular weight excluding hydrogens is 246 g/mol. The third-order valence-electron chi connectivity index (χ3n) is 5.61. The topological polar surface area (TPSA) is 36.8 Å². The van der Waals surface area contributed by atoms with Crippen LogP contribution < -0.4 is 5.43 Å². The zero-order valence-corrected chi connectivity index (χ0v) is 13.2. The van der Waals surface area contributed by atoms with Gasteiger partial charge in [0.15, 0.2) is 0 Å². The average Bonchev–Trinajstić information content (AvgIpc) is 2.87. The molecule has 1 aliphatic carbocycles. The molecule has 0 aromatic rings. The van der Waals surface area contributed by atoms with E-state index in [1.165, 1.54) is 31.4 Å². The Hall–Kier alpha value is -0.860. The second kappa shape index (κ2) is 5.87. The predicted octanol–water partition coefficient (Wildman–Crippen LogP) is 3.50. The number of hydrogen-bond donors (Lipinski definition) is 1. The normalized spacial score (nSPS) is 45.0. The summed E-state index contributed by atoms with van der Waals surface area (Å²) in [7, 11) is 0. The highest BCUT2D eigenvalue weighted by Crippen LogP contribution is 2.41. The standard InChI is InChI=1S/C17H29N3/c1-11-8-12(2)16(13(3)9-11)17-14(10-19-20-17)15-6-4-5-7-18-15/h7,11-16,19H,4-6,8-10H2,1-3H3. The molecule has 112 valence electrons. The van der Waals surface area contributed by atoms with Crippen LogP contribution in [0.3, 0.4) is 0 Å². The molecule has 1 saturated carbocycles. The van der Waals surface area contributed by atoms with E-state index in [2.05, 4.69) is 32.4 Å². The predicted molar refractivity (Wildman–Crippen MR) is 85.3 cm³/mol. The minimum Gasteiger partial charge on any atom is -0.309 e. The Kier molecular flexibility index (Phi) is 4.13. The molecule has 0 bridgehead atoms. The molecule has 20 heavy (non-hydrogen) atoms. The lowest BCUT2D eigenvalue weighted by molar-refractivity contribution is 0.182. The molecule has 0 aromatic heterocycles. The van der Waals surface area contributed by atoms with Crippen molar-refractivity contribution in [2.75, 3.05) is 6.54 Å². The summed E-state index contributed by atoms with van der Waals surface area (Å²) in [6.07, 6.45) is 8.55. The van der Waals surface area contributed by atoms with Crippen molar-refractivity contribution in [3.05, 3.63) is 0 Å². The quantitative estimate of drug-likeness (QED) is 0.822. The van der Waals surface area contributed by atoms with Gasteiger partial charge in [0.2, 0.25) is 0 Å². The molecule has 4 atom stereocenters. The Morgan fingerprint density at radius 3 is 2.55 bits per heavy atom. The Labute approximate surface area is 123 Å². The zero-order chi connectivity index (χ0) is 14.1. The molecule has 1 fully saturated rings. The van der Waals surface area contributed by atoms with Crippen molar-refractivity contribution in [2.24, 2.45) is 39.7 Å². The van der Waals surface area contributed by atoms with Crippen molar-refractivity contribution in [1.29, 1.82) is 0 Å². The van der Waals surface area contributed by atoms with Crippen molar-refractivity contribution in [1.82, 2.24) is 5.43 Å². The zero-order valence-electron chi connectivity index (χ0n) is 13.2. The molecular formula is C17H29N3. The van der Waals surface area contributed by atoms with Crippen LogP contribution in [0.2, 0.25) is 0 Å². The third kappa shape index (κ3) is 2.64. The first-order valence-corrected chi connectivity index (χ1v) is 8.48. The molecule has 0 saturated heterocycles. The first-order valence-electron chi connectivity index (χ1n) is 8.48. The van der Waals surface area contributed by atoms with E-state index >= 15 is 0 Å². The van der Waals surface area contributed by atoms with Crippen molar-refractivity contribution < 1.29 is 0 Å². The van der Waals surface area contributed by atoms with E-state index in [0.717, 1.165) is 30.7 Å². The highest BCUT2D eigenvalue weighted by Gasteiger charge is 2.41. The summed E-state index contributed by atoms with van der Waals surface area (Å²) in [6, 6.07) is 0.483. The summed E-state index contributed by atoms with van der Waals surface area (Å²) < 4.78 is 0. The number of hydrazone groups is 1. The first kappa shape index (κ1) is 14.1. The van der Waals surface area contributed by atoms with Gasteiger partial charge < -0.3 is 5.43 Å². The van der Waals surface area contributed by atoms with E-state index in [1.54, 1.807) is 0 Å². The van der Waals surface area contributed by atoms with Crippen molar-refractivity contribution in [3.63, 3.8) is 0 Å². The fraction of sp³-hybridized carbons (Fsp3) is 0.882. The molecule has 3 aliphatic rings. The van der Waals surface area contributed by atoms with Crippen LogP contribution in [-0.2, 0) is 0 Å². The lowest BCUT2D eigenvalue weighted by Gasteiger charge is -2.40. The summed E-state index contributed by atoms with van der Waals surface area (Å²) in [4.78, 5) is 4.78. The van der Waals surface area contributed by atoms with Crippen molar-refractivity contribution in [3.8, 4) is 0 Å². The van der Waals surface area contributed by atoms with Crippen LogP contribution in [0.5, 0.6) is 0 Å². The fourth-order valence-corrected chi connectivity index (χ4v) is 4.89. The Morgan fingerprint density at radius 2 is 1.90 bits per heavy atom. The van der Waals surface area contributed by atoms with Crippen LogP contribution in [-0.4, -0.2) is 24.5 Å². The summed E-state index contributed by atoms with van der Waals surface area (Å²) in [5.74, 6) is 3.63. The van der Waals surface area contributed by atoms with E-state index < -0.39 is 0 Å². The average molecular weight is 275 g/mol. The number of nitrogens with zero attached hydrogens (tertiary/aromatic N) is 2. The van der Waals surface area contributed by atoms with E-state index in [1.807, 2.05) is 0 Å². The molecule has 2 heterocycles. The minimum atomic E-state index is 0.483. The summed E-state index contributed by atoms with van der Waals surface area (Å²) >= 11 is 0. The molecule has 3 nitrogen and oxygen atoms in total. The second-order valence-electron chi connectivity index (χ2n) is 7.39. The van der Waals surface area contributed by atoms with Crippen molar-refractivity contribution in [2.45, 2.75) is 58.9 Å². The van der Waals surface area contributed by atoms with Gasteiger partial charge in [0, 0.05) is 24.1 Å². The van der Waals surface area contributed by atoms with Crippen LogP contribution in [0.25, 0.3) is 0 Å². The van der Waals surface area contributed by atoms with Crippen LogP contribution >= 0.6 is 0 Å². The Morgan fingerprint density at radius 1 is 1.15 bits per heavy atom. The van der Waals surface area contributed by atoms with Gasteiger partial charge in [-0.15, -0.1) is 0 Å². The van der Waals surface area contributed by atoms with Crippen LogP contribution in [0.15, 0.2) is 10.1 Å². The van der Waals surface area contributed by atoms with Crippen LogP contribution in [0, 0.1) is 29.6 Å². The Balaban J connectivity index is 1.77. The van der Waals surface area contributed by atoms with E-state index in [-0.39, 0.29) is 0 Å². The molecule has 3 heteroatoms. The highest BCUT2D eigenvalue weighted by molar-refractivity contribution is 5.91. The summed E-state index contributed by atoms with van der Waals surface area (Å²) in [5.41, 5.74) is 4.73. The van der Waals surface area contributed by atoms with Gasteiger partial charge in [-0.25, -0.2) is 0 Å². The molecule has 4 unspecified atom stereocenters. The number of hydrogen-bond acceptors (Lipinski definition) is 3. The molecule has 0 spiro atoms. The maximum absolute atomic E-state index is 4.78. The van der Waals surface area contributed by atoms with Gasteiger partial charge in [-0.2, -0.15) is 5.10 Å². The monoisotopic (exact) mass is 275 g/mol. The highest BCUT2D eigenvalue weighted by atomic mass is 15.3. The smallest absolute Gasteiger partial charge is 0.0594 e. The maximum Gasteiger partial charge on any atom is 0.0594 e. The van der Waals surface area contributed by atoms with Gasteiger partial charge in [-0.1, -0.05) is 20.8 Å². The number of aliphatic imine (C=N–C) groups is 1. The van der Waals surface area contributed by atoms with E-state index in [4.69, 9.17) is 10.1 Å². The van der Waals surface area contributed by atoms with Crippen LogP contribution in [0.1, 0.15) is 52.9 Å². The van der Waals surface area contributed by atoms with Gasteiger partial charge in [0.05, 0.1) is 6.04 Å². The molecule has 0 radical (unpaired) electrons. The van der Waals surface area contributed by atoms with E-state index in [9.17, 15) is 0 Å². The lowest BCUT2D eigenvalue weighted by atomic mass is 9.65. The van der Waals surface area contributed by atoms with Gasteiger partial charge in [0.1, 0.15) is 0 Å². The summed E-state index contributed by atoms with van der Waals surface area (Å²) in [5, 5.41) is 4.73. The Bertz CT molecular complexity index is 389. The molecule has 0 aromatic carbocycles. The SMILES string of the molecule is CC1CC(C)C(C2=NNCC2C2CCCC=N2)C(C)C1. The van der Waals surface area contributed by atoms with Crippen LogP contribution in [0.4, 0.5) is 0 Å². The lowest BCUT2D eigenvalue weighted by Crippen LogP contribution is -2.41. The van der Waals surface area contributed by atoms with Crippen molar-refractivity contribution >= 4 is 11.9 Å². The largest absolute Gasteiger partial charge is 0.309 e.